The van der Waals surface area contributed by atoms with E-state index >= 15 is 0 Å². The molecule has 0 atom stereocenters. The highest BCUT2D eigenvalue weighted by molar-refractivity contribution is 8.35. The molecule has 102 valence electrons. The summed E-state index contributed by atoms with van der Waals surface area (Å²) < 4.78 is 1.96. The Kier molecular flexibility index (Phi) is 8.71. The Labute approximate surface area is 121 Å². The first kappa shape index (κ1) is 16.0. The molecule has 1 heterocycles. The maximum absolute atomic E-state index is 10.3. The number of thioether (sulfide) groups is 3. The van der Waals surface area contributed by atoms with Gasteiger partial charge in [-0.25, -0.2) is 0 Å². The molecule has 1 aliphatic rings. The van der Waals surface area contributed by atoms with Gasteiger partial charge in [0.05, 0.1) is 9.16 Å². The Morgan fingerprint density at radius 2 is 2.06 bits per heavy atom. The van der Waals surface area contributed by atoms with Crippen molar-refractivity contribution in [2.45, 2.75) is 45.4 Å². The third kappa shape index (κ3) is 7.38. The lowest BCUT2D eigenvalue weighted by Crippen LogP contribution is -1.83. The molecular weight excluding hydrogens is 286 g/mol. The monoisotopic (exact) mass is 305 g/mol. The van der Waals surface area contributed by atoms with E-state index in [4.69, 9.17) is 0 Å². The lowest BCUT2D eigenvalue weighted by Gasteiger charge is -2.01. The summed E-state index contributed by atoms with van der Waals surface area (Å²) in [5.74, 6) is 1.12. The van der Waals surface area contributed by atoms with E-state index in [1.165, 1.54) is 66.3 Å². The summed E-state index contributed by atoms with van der Waals surface area (Å²) in [6.45, 7) is 2.23. The Morgan fingerprint density at radius 1 is 1.33 bits per heavy atom. The van der Waals surface area contributed by atoms with Crippen LogP contribution in [0.15, 0.2) is 20.1 Å². The topological polar surface area (TPSA) is 43.1 Å². The predicted octanol–water partition coefficient (Wildman–Crippen LogP) is 5.43. The lowest BCUT2D eigenvalue weighted by atomic mass is 10.1. The molecule has 6 heteroatoms. The van der Waals surface area contributed by atoms with E-state index in [9.17, 15) is 10.1 Å². The van der Waals surface area contributed by atoms with Crippen molar-refractivity contribution >= 4 is 35.3 Å². The van der Waals surface area contributed by atoms with Crippen LogP contribution in [0.25, 0.3) is 0 Å². The summed E-state index contributed by atoms with van der Waals surface area (Å²) in [6.07, 6.45) is 8.96. The van der Waals surface area contributed by atoms with Crippen LogP contribution in [0.3, 0.4) is 0 Å². The van der Waals surface area contributed by atoms with Crippen LogP contribution in [0.2, 0.25) is 0 Å². The molecule has 1 aliphatic heterocycles. The third-order valence-corrected chi connectivity index (χ3v) is 6.08. The fourth-order valence-electron chi connectivity index (χ4n) is 1.51. The molecule has 0 aliphatic carbocycles. The third-order valence-electron chi connectivity index (χ3n) is 2.43. The molecular formula is C12H19NO2S3. The molecule has 18 heavy (non-hydrogen) atoms. The van der Waals surface area contributed by atoms with E-state index in [1.54, 1.807) is 0 Å². The smallest absolute Gasteiger partial charge is 0.255 e. The molecule has 0 aromatic heterocycles. The largest absolute Gasteiger partial charge is 0.259 e. The van der Waals surface area contributed by atoms with Crippen molar-refractivity contribution in [1.29, 1.82) is 0 Å². The van der Waals surface area contributed by atoms with Crippen molar-refractivity contribution in [3.05, 3.63) is 30.2 Å². The van der Waals surface area contributed by atoms with Gasteiger partial charge >= 0.3 is 0 Å². The zero-order chi connectivity index (χ0) is 13.2. The fraction of sp³-hybridized carbons (Fsp3) is 0.667. The van der Waals surface area contributed by atoms with Crippen LogP contribution in [0.5, 0.6) is 0 Å². The van der Waals surface area contributed by atoms with Crippen LogP contribution in [0.4, 0.5) is 0 Å². The van der Waals surface area contributed by atoms with Crippen LogP contribution >= 0.6 is 35.3 Å². The average molecular weight is 305 g/mol. The molecule has 0 saturated heterocycles. The summed E-state index contributed by atoms with van der Waals surface area (Å²) >= 11 is 4.79. The van der Waals surface area contributed by atoms with E-state index in [0.717, 1.165) is 16.2 Å². The number of unbranched alkanes of at least 4 members (excludes halogenated alkanes) is 5. The normalized spacial score (nSPS) is 17.2. The second kappa shape index (κ2) is 9.81. The minimum absolute atomic E-state index is 0.384. The van der Waals surface area contributed by atoms with Crippen molar-refractivity contribution < 1.29 is 4.92 Å². The zero-order valence-electron chi connectivity index (χ0n) is 10.6. The predicted molar refractivity (Wildman–Crippen MR) is 84.2 cm³/mol. The van der Waals surface area contributed by atoms with Gasteiger partial charge in [0, 0.05) is 0 Å². The SMILES string of the molecule is CCCCCCCCSC1=CS/C(=C\[N+](=O)[O-])S1. The number of rotatable bonds is 9. The molecule has 0 aromatic rings. The van der Waals surface area contributed by atoms with E-state index in [0.29, 0.717) is 0 Å². The van der Waals surface area contributed by atoms with Gasteiger partial charge in [0.25, 0.3) is 6.20 Å². The lowest BCUT2D eigenvalue weighted by molar-refractivity contribution is -0.402. The molecule has 1 rings (SSSR count). The summed E-state index contributed by atoms with van der Waals surface area (Å²) in [5.41, 5.74) is 0. The summed E-state index contributed by atoms with van der Waals surface area (Å²) in [6, 6.07) is 0. The first-order valence-corrected chi connectivity index (χ1v) is 8.93. The Balaban J connectivity index is 2.02. The minimum atomic E-state index is -0.384. The number of hydrogen-bond donors (Lipinski definition) is 0. The zero-order valence-corrected chi connectivity index (χ0v) is 13.0. The standard InChI is InChI=1S/C12H19NO2S3/c1-2-3-4-5-6-7-8-16-12-10-17-11(18-12)9-13(14)15/h9-10H,2-8H2,1H3/b11-9+. The first-order chi connectivity index (χ1) is 8.72. The molecule has 0 fully saturated rings. The first-order valence-electron chi connectivity index (χ1n) is 6.25. The van der Waals surface area contributed by atoms with Gasteiger partial charge in [0.2, 0.25) is 0 Å². The molecule has 0 radical (unpaired) electrons. The molecule has 0 amide bonds. The highest BCUT2D eigenvalue weighted by Gasteiger charge is 2.15. The van der Waals surface area contributed by atoms with Gasteiger partial charge in [-0.3, -0.25) is 10.1 Å². The van der Waals surface area contributed by atoms with Crippen molar-refractivity contribution in [3.63, 3.8) is 0 Å². The molecule has 0 aromatic carbocycles. The van der Waals surface area contributed by atoms with Crippen molar-refractivity contribution in [2.75, 3.05) is 5.75 Å². The number of nitrogens with zero attached hydrogens (tertiary/aromatic N) is 1. The fourth-order valence-corrected chi connectivity index (χ4v) is 5.03. The van der Waals surface area contributed by atoms with Crippen molar-refractivity contribution in [2.24, 2.45) is 0 Å². The van der Waals surface area contributed by atoms with Gasteiger partial charge in [-0.05, 0) is 17.6 Å². The summed E-state index contributed by atoms with van der Waals surface area (Å²) in [4.78, 5) is 9.94. The second-order valence-corrected chi connectivity index (χ2v) is 7.66. The Morgan fingerprint density at radius 3 is 2.78 bits per heavy atom. The van der Waals surface area contributed by atoms with Gasteiger partial charge in [0.1, 0.15) is 4.24 Å². The van der Waals surface area contributed by atoms with Gasteiger partial charge < -0.3 is 0 Å². The van der Waals surface area contributed by atoms with Crippen molar-refractivity contribution in [1.82, 2.24) is 0 Å². The molecule has 0 N–H and O–H groups in total. The van der Waals surface area contributed by atoms with Crippen molar-refractivity contribution in [3.8, 4) is 0 Å². The summed E-state index contributed by atoms with van der Waals surface area (Å²) in [5, 5.41) is 12.3. The number of nitro groups is 1. The van der Waals surface area contributed by atoms with Crippen LogP contribution in [0.1, 0.15) is 45.4 Å². The Hall–Kier alpha value is -0.0700. The number of hydrogen-bond acceptors (Lipinski definition) is 5. The Bertz CT molecular complexity index is 329. The van der Waals surface area contributed by atoms with Gasteiger partial charge in [0.15, 0.2) is 0 Å². The van der Waals surface area contributed by atoms with Gasteiger partial charge in [-0.15, -0.1) is 11.8 Å². The molecule has 0 bridgehead atoms. The average Bonchev–Trinajstić information content (AvgIpc) is 2.75. The van der Waals surface area contributed by atoms with E-state index in [2.05, 4.69) is 6.92 Å². The van der Waals surface area contributed by atoms with Gasteiger partial charge in [-0.1, -0.05) is 62.6 Å². The highest BCUT2D eigenvalue weighted by Crippen LogP contribution is 2.48. The second-order valence-electron chi connectivity index (χ2n) is 4.01. The van der Waals surface area contributed by atoms with Crippen LogP contribution < -0.4 is 0 Å². The molecule has 0 spiro atoms. The quantitative estimate of drug-likeness (QED) is 0.322. The van der Waals surface area contributed by atoms with E-state index < -0.39 is 0 Å². The van der Waals surface area contributed by atoms with E-state index in [1.807, 2.05) is 17.2 Å². The summed E-state index contributed by atoms with van der Waals surface area (Å²) in [7, 11) is 0. The molecule has 0 saturated carbocycles. The molecule has 3 nitrogen and oxygen atoms in total. The van der Waals surface area contributed by atoms with Gasteiger partial charge in [-0.2, -0.15) is 0 Å². The maximum atomic E-state index is 10.3. The van der Waals surface area contributed by atoms with E-state index in [-0.39, 0.29) is 4.92 Å². The van der Waals surface area contributed by atoms with Crippen LogP contribution in [-0.4, -0.2) is 10.7 Å². The van der Waals surface area contributed by atoms with Crippen LogP contribution in [-0.2, 0) is 0 Å². The van der Waals surface area contributed by atoms with Crippen LogP contribution in [0, 0.1) is 10.1 Å². The molecule has 0 unspecified atom stereocenters. The highest BCUT2D eigenvalue weighted by atomic mass is 32.2. The minimum Gasteiger partial charge on any atom is -0.259 e. The maximum Gasteiger partial charge on any atom is 0.255 e.